The van der Waals surface area contributed by atoms with Gasteiger partial charge in [0.15, 0.2) is 0 Å². The van der Waals surface area contributed by atoms with Crippen molar-refractivity contribution in [2.75, 3.05) is 0 Å². The molecule has 4 heteroatoms. The third kappa shape index (κ3) is 8.30. The molecule has 2 nitrogen and oxygen atoms in total. The van der Waals surface area contributed by atoms with Crippen molar-refractivity contribution in [3.63, 3.8) is 0 Å². The van der Waals surface area contributed by atoms with Crippen molar-refractivity contribution >= 4 is 13.5 Å². The Bertz CT molecular complexity index is 696. The van der Waals surface area contributed by atoms with E-state index in [-0.39, 0.29) is 0 Å². The first-order chi connectivity index (χ1) is 13.2. The van der Waals surface area contributed by atoms with Crippen molar-refractivity contribution in [2.45, 2.75) is 70.1 Å². The Morgan fingerprint density at radius 2 is 1.07 bits per heavy atom. The van der Waals surface area contributed by atoms with E-state index in [1.807, 2.05) is 54.6 Å². The van der Waals surface area contributed by atoms with Crippen molar-refractivity contribution in [2.24, 2.45) is 0 Å². The molecule has 27 heavy (non-hydrogen) atoms. The van der Waals surface area contributed by atoms with Crippen LogP contribution in [0.5, 0.6) is 0 Å². The SMILES string of the molecule is CCCCCCCCCC[CH2][Co](=[O])[c]1cc[c]([Co](=[O])[c]2ccccc2)cc1. The summed E-state index contributed by atoms with van der Waals surface area (Å²) in [6.45, 7) is 2.25. The molecular weight excluding hydrogens is 426 g/mol. The normalized spacial score (nSPS) is 12.0. The quantitative estimate of drug-likeness (QED) is 0.390. The van der Waals surface area contributed by atoms with Crippen LogP contribution in [0.4, 0.5) is 0 Å². The predicted molar refractivity (Wildman–Crippen MR) is 105 cm³/mol. The molecule has 0 saturated carbocycles. The van der Waals surface area contributed by atoms with Gasteiger partial charge in [0.05, 0.1) is 0 Å². The predicted octanol–water partition coefficient (Wildman–Crippen LogP) is 5.14. The maximum atomic E-state index is 12.6. The molecule has 0 amide bonds. The first-order valence-corrected chi connectivity index (χ1v) is 13.1. The van der Waals surface area contributed by atoms with Crippen molar-refractivity contribution < 1.29 is 34.9 Å². The molecule has 0 unspecified atom stereocenters. The van der Waals surface area contributed by atoms with E-state index in [1.54, 1.807) is 0 Å². The van der Waals surface area contributed by atoms with Crippen molar-refractivity contribution in [1.82, 2.24) is 0 Å². The fourth-order valence-corrected chi connectivity index (χ4v) is 5.66. The fourth-order valence-electron chi connectivity index (χ4n) is 2.85. The summed E-state index contributed by atoms with van der Waals surface area (Å²) < 4.78 is 27.5. The molecule has 0 atom stereocenters. The van der Waals surface area contributed by atoms with Crippen molar-refractivity contribution in [3.05, 3.63) is 54.6 Å². The zero-order valence-electron chi connectivity index (χ0n) is 16.3. The van der Waals surface area contributed by atoms with Gasteiger partial charge in [-0.1, -0.05) is 0 Å². The van der Waals surface area contributed by atoms with Gasteiger partial charge in [0, 0.05) is 0 Å². The van der Waals surface area contributed by atoms with Crippen LogP contribution in [0.25, 0.3) is 0 Å². The molecule has 0 heterocycles. The Labute approximate surface area is 172 Å². The van der Waals surface area contributed by atoms with E-state index >= 15 is 0 Å². The van der Waals surface area contributed by atoms with Gasteiger partial charge in [0.25, 0.3) is 0 Å². The minimum atomic E-state index is -1.55. The van der Waals surface area contributed by atoms with Crippen LogP contribution in [0.2, 0.25) is 5.36 Å². The fraction of sp³-hybridized carbons (Fsp3) is 0.478. The summed E-state index contributed by atoms with van der Waals surface area (Å²) in [5, 5.41) is 0.757. The van der Waals surface area contributed by atoms with Gasteiger partial charge in [-0.05, 0) is 0 Å². The molecule has 0 aliphatic rings. The van der Waals surface area contributed by atoms with Crippen LogP contribution >= 0.6 is 0 Å². The Kier molecular flexibility index (Phi) is 11.0. The number of unbranched alkanes of at least 4 members (excludes halogenated alkanes) is 8. The number of rotatable bonds is 13. The number of hydrogen-bond donors (Lipinski definition) is 0. The van der Waals surface area contributed by atoms with Crippen LogP contribution in [0.15, 0.2) is 54.6 Å². The Balaban J connectivity index is 1.69. The molecule has 2 aromatic carbocycles. The summed E-state index contributed by atoms with van der Waals surface area (Å²) >= 11 is -2.86. The van der Waals surface area contributed by atoms with E-state index in [1.165, 1.54) is 51.4 Å². The van der Waals surface area contributed by atoms with Gasteiger partial charge in [0.1, 0.15) is 0 Å². The molecule has 0 bridgehead atoms. The van der Waals surface area contributed by atoms with Crippen LogP contribution in [-0.4, -0.2) is 0 Å². The second-order valence-electron chi connectivity index (χ2n) is 6.65. The number of benzene rings is 2. The number of hydrogen-bond acceptors (Lipinski definition) is 2. The van der Waals surface area contributed by atoms with Crippen LogP contribution in [0.3, 0.4) is 0 Å². The van der Waals surface area contributed by atoms with E-state index in [0.29, 0.717) is 0 Å². The molecule has 0 N–H and O–H groups in total. The molecule has 0 aromatic heterocycles. The molecule has 2 rings (SSSR count). The van der Waals surface area contributed by atoms with E-state index < -0.39 is 27.2 Å². The van der Waals surface area contributed by atoms with Gasteiger partial charge >= 0.3 is 173 Å². The molecule has 0 spiro atoms. The van der Waals surface area contributed by atoms with Crippen molar-refractivity contribution in [1.29, 1.82) is 0 Å². The summed E-state index contributed by atoms with van der Waals surface area (Å²) in [5.74, 6) is 0. The summed E-state index contributed by atoms with van der Waals surface area (Å²) in [4.78, 5) is 0. The van der Waals surface area contributed by atoms with E-state index in [9.17, 15) is 7.73 Å². The molecule has 0 aliphatic heterocycles. The third-order valence-electron chi connectivity index (χ3n) is 4.43. The second-order valence-corrected chi connectivity index (χ2v) is 10.5. The van der Waals surface area contributed by atoms with Gasteiger partial charge in [-0.3, -0.25) is 0 Å². The van der Waals surface area contributed by atoms with Gasteiger partial charge in [0.2, 0.25) is 0 Å². The van der Waals surface area contributed by atoms with Crippen molar-refractivity contribution in [3.8, 4) is 0 Å². The zero-order chi connectivity index (χ0) is 19.3. The standard InChI is InChI=1S/C11H23.C6H5.C6H4.2Co.2O/c1-3-5-7-9-11-10-8-6-4-2;2*1-2-4-6-5-3-1;;;;/h1,3-11H2,2H3;1-5H;1-2,5-6H;;;;. The van der Waals surface area contributed by atoms with Crippen LogP contribution < -0.4 is 13.5 Å². The van der Waals surface area contributed by atoms with Crippen LogP contribution in [-0.2, 0) is 34.9 Å². The van der Waals surface area contributed by atoms with Gasteiger partial charge in [-0.15, -0.1) is 0 Å². The van der Waals surface area contributed by atoms with Gasteiger partial charge in [-0.2, -0.15) is 0 Å². The van der Waals surface area contributed by atoms with Crippen LogP contribution in [0.1, 0.15) is 64.7 Å². The first kappa shape index (κ1) is 22.3. The molecule has 0 saturated heterocycles. The summed E-state index contributed by atoms with van der Waals surface area (Å²) in [5.41, 5.74) is 0. The second kappa shape index (κ2) is 13.3. The molecule has 0 aliphatic carbocycles. The molecule has 2 aromatic rings. The minimum absolute atomic E-state index is 0.757. The Morgan fingerprint density at radius 1 is 0.593 bits per heavy atom. The van der Waals surface area contributed by atoms with Crippen LogP contribution in [0, 0.1) is 0 Å². The Morgan fingerprint density at radius 3 is 1.67 bits per heavy atom. The van der Waals surface area contributed by atoms with Gasteiger partial charge in [-0.25, -0.2) is 0 Å². The summed E-state index contributed by atoms with van der Waals surface area (Å²) in [6, 6.07) is 17.0. The summed E-state index contributed by atoms with van der Waals surface area (Å²) in [7, 11) is 0. The van der Waals surface area contributed by atoms with E-state index in [4.69, 9.17) is 0 Å². The topological polar surface area (TPSA) is 34.1 Å². The molecule has 154 valence electrons. The maximum absolute atomic E-state index is 12.6. The molecule has 0 radical (unpaired) electrons. The Hall–Kier alpha value is -0.947. The average Bonchev–Trinajstić information content (AvgIpc) is 2.72. The third-order valence-corrected chi connectivity index (χ3v) is 8.07. The van der Waals surface area contributed by atoms with E-state index in [2.05, 4.69) is 6.92 Å². The monoisotopic (exact) mass is 458 g/mol. The zero-order valence-corrected chi connectivity index (χ0v) is 18.3. The van der Waals surface area contributed by atoms with E-state index in [0.717, 1.165) is 25.3 Å². The van der Waals surface area contributed by atoms with Gasteiger partial charge < -0.3 is 0 Å². The molecule has 0 fully saturated rings. The molecular formula is C23H32Co2O2. The summed E-state index contributed by atoms with van der Waals surface area (Å²) in [6.07, 6.45) is 11.5. The average molecular weight is 458 g/mol. The first-order valence-electron chi connectivity index (χ1n) is 9.95.